The van der Waals surface area contributed by atoms with Crippen LogP contribution in [0.15, 0.2) is 42.5 Å². The number of rotatable bonds is 9. The van der Waals surface area contributed by atoms with Crippen molar-refractivity contribution in [2.75, 3.05) is 18.5 Å². The molecule has 31 heavy (non-hydrogen) atoms. The highest BCUT2D eigenvalue weighted by Crippen LogP contribution is 2.19. The van der Waals surface area contributed by atoms with E-state index in [1.165, 1.54) is 0 Å². The summed E-state index contributed by atoms with van der Waals surface area (Å²) in [4.78, 5) is 37.6. The molecule has 0 aromatic heterocycles. The van der Waals surface area contributed by atoms with Crippen LogP contribution < -0.4 is 15.4 Å². The SMILES string of the molecule is CCOc1ccccc1C(=O)N[C@H](C(=O)OCC(=O)Nc1cccc(C)c1C)C(C)C. The van der Waals surface area contributed by atoms with Crippen molar-refractivity contribution in [1.82, 2.24) is 5.32 Å². The Bertz CT molecular complexity index is 939. The topological polar surface area (TPSA) is 93.7 Å². The number of hydrogen-bond donors (Lipinski definition) is 2. The molecule has 7 nitrogen and oxygen atoms in total. The number of para-hydroxylation sites is 1. The number of nitrogens with one attached hydrogen (secondary N) is 2. The number of benzene rings is 2. The van der Waals surface area contributed by atoms with Crippen LogP contribution in [-0.2, 0) is 14.3 Å². The lowest BCUT2D eigenvalue weighted by molar-refractivity contribution is -0.150. The summed E-state index contributed by atoms with van der Waals surface area (Å²) in [6.07, 6.45) is 0. The van der Waals surface area contributed by atoms with Gasteiger partial charge in [-0.2, -0.15) is 0 Å². The van der Waals surface area contributed by atoms with Crippen LogP contribution in [0.3, 0.4) is 0 Å². The summed E-state index contributed by atoms with van der Waals surface area (Å²) >= 11 is 0. The summed E-state index contributed by atoms with van der Waals surface area (Å²) in [5.74, 6) is -1.37. The van der Waals surface area contributed by atoms with Gasteiger partial charge in [0.25, 0.3) is 11.8 Å². The van der Waals surface area contributed by atoms with Gasteiger partial charge in [-0.1, -0.05) is 38.1 Å². The van der Waals surface area contributed by atoms with Gasteiger partial charge in [-0.05, 0) is 56.0 Å². The second kappa shape index (κ2) is 11.2. The van der Waals surface area contributed by atoms with Crippen molar-refractivity contribution < 1.29 is 23.9 Å². The average Bonchev–Trinajstić information content (AvgIpc) is 2.74. The summed E-state index contributed by atoms with van der Waals surface area (Å²) in [6, 6.07) is 11.5. The maximum Gasteiger partial charge on any atom is 0.329 e. The van der Waals surface area contributed by atoms with E-state index in [-0.39, 0.29) is 5.92 Å². The van der Waals surface area contributed by atoms with Gasteiger partial charge in [0.1, 0.15) is 11.8 Å². The first-order valence-corrected chi connectivity index (χ1v) is 10.3. The number of carbonyl (C=O) groups excluding carboxylic acids is 3. The number of carbonyl (C=O) groups is 3. The lowest BCUT2D eigenvalue weighted by Crippen LogP contribution is -2.46. The molecule has 0 fully saturated rings. The molecule has 0 radical (unpaired) electrons. The number of aryl methyl sites for hydroxylation is 1. The van der Waals surface area contributed by atoms with E-state index in [1.54, 1.807) is 44.2 Å². The van der Waals surface area contributed by atoms with E-state index in [2.05, 4.69) is 10.6 Å². The summed E-state index contributed by atoms with van der Waals surface area (Å²) in [5.41, 5.74) is 2.99. The zero-order chi connectivity index (χ0) is 23.0. The molecule has 0 saturated carbocycles. The molecule has 166 valence electrons. The number of ether oxygens (including phenoxy) is 2. The van der Waals surface area contributed by atoms with E-state index >= 15 is 0 Å². The minimum absolute atomic E-state index is 0.238. The van der Waals surface area contributed by atoms with E-state index in [9.17, 15) is 14.4 Å². The molecule has 0 saturated heterocycles. The fraction of sp³-hybridized carbons (Fsp3) is 0.375. The van der Waals surface area contributed by atoms with Gasteiger partial charge in [0.05, 0.1) is 12.2 Å². The third kappa shape index (κ3) is 6.57. The number of esters is 1. The van der Waals surface area contributed by atoms with Gasteiger partial charge in [0.15, 0.2) is 6.61 Å². The van der Waals surface area contributed by atoms with Crippen molar-refractivity contribution in [3.63, 3.8) is 0 Å². The maximum absolute atomic E-state index is 12.7. The zero-order valence-electron chi connectivity index (χ0n) is 18.7. The van der Waals surface area contributed by atoms with Gasteiger partial charge < -0.3 is 20.1 Å². The highest BCUT2D eigenvalue weighted by Gasteiger charge is 2.27. The van der Waals surface area contributed by atoms with Gasteiger partial charge in [-0.25, -0.2) is 4.79 Å². The van der Waals surface area contributed by atoms with Crippen molar-refractivity contribution in [2.24, 2.45) is 5.92 Å². The average molecular weight is 427 g/mol. The Labute approximate surface area is 183 Å². The molecule has 2 rings (SSSR count). The van der Waals surface area contributed by atoms with Crippen LogP contribution in [0.1, 0.15) is 42.3 Å². The molecule has 0 bridgehead atoms. The predicted octanol–water partition coefficient (Wildman–Crippen LogP) is 3.64. The van der Waals surface area contributed by atoms with E-state index < -0.39 is 30.4 Å². The minimum atomic E-state index is -0.907. The Hall–Kier alpha value is -3.35. The fourth-order valence-corrected chi connectivity index (χ4v) is 2.95. The second-order valence-electron chi connectivity index (χ2n) is 7.53. The monoisotopic (exact) mass is 426 g/mol. The van der Waals surface area contributed by atoms with Crippen molar-refractivity contribution in [2.45, 2.75) is 40.7 Å². The molecule has 2 N–H and O–H groups in total. The lowest BCUT2D eigenvalue weighted by atomic mass is 10.0. The minimum Gasteiger partial charge on any atom is -0.493 e. The van der Waals surface area contributed by atoms with Crippen molar-refractivity contribution in [3.8, 4) is 5.75 Å². The second-order valence-corrected chi connectivity index (χ2v) is 7.53. The Balaban J connectivity index is 2.00. The van der Waals surface area contributed by atoms with Crippen LogP contribution >= 0.6 is 0 Å². The summed E-state index contributed by atoms with van der Waals surface area (Å²) in [5, 5.41) is 5.44. The number of anilines is 1. The normalized spacial score (nSPS) is 11.5. The lowest BCUT2D eigenvalue weighted by Gasteiger charge is -2.21. The van der Waals surface area contributed by atoms with Gasteiger partial charge >= 0.3 is 5.97 Å². The van der Waals surface area contributed by atoms with Crippen molar-refractivity contribution >= 4 is 23.5 Å². The molecule has 0 heterocycles. The van der Waals surface area contributed by atoms with E-state index in [0.717, 1.165) is 11.1 Å². The van der Waals surface area contributed by atoms with Crippen LogP contribution in [0.5, 0.6) is 5.75 Å². The molecule has 2 aromatic rings. The number of hydrogen-bond acceptors (Lipinski definition) is 5. The van der Waals surface area contributed by atoms with E-state index in [1.807, 2.05) is 32.9 Å². The zero-order valence-corrected chi connectivity index (χ0v) is 18.7. The van der Waals surface area contributed by atoms with Crippen LogP contribution in [0.25, 0.3) is 0 Å². The standard InChI is InChI=1S/C24H30N2O5/c1-6-30-20-13-8-7-11-18(20)23(28)26-22(15(2)3)24(29)31-14-21(27)25-19-12-9-10-16(4)17(19)5/h7-13,15,22H,6,14H2,1-5H3,(H,25,27)(H,26,28)/t22-/m0/s1. The predicted molar refractivity (Wildman–Crippen MR) is 119 cm³/mol. The van der Waals surface area contributed by atoms with Gasteiger partial charge in [0, 0.05) is 5.69 Å². The molecule has 0 aliphatic carbocycles. The van der Waals surface area contributed by atoms with Crippen LogP contribution in [0.2, 0.25) is 0 Å². The molecular weight excluding hydrogens is 396 g/mol. The molecule has 0 aliphatic rings. The van der Waals surface area contributed by atoms with Crippen molar-refractivity contribution in [3.05, 3.63) is 59.2 Å². The molecule has 0 spiro atoms. The molecule has 7 heteroatoms. The highest BCUT2D eigenvalue weighted by molar-refractivity contribution is 5.99. The Kier molecular flexibility index (Phi) is 8.61. The number of amides is 2. The van der Waals surface area contributed by atoms with Crippen LogP contribution in [0, 0.1) is 19.8 Å². The Morgan fingerprint density at radius 3 is 2.39 bits per heavy atom. The Morgan fingerprint density at radius 2 is 1.71 bits per heavy atom. The van der Waals surface area contributed by atoms with Crippen molar-refractivity contribution in [1.29, 1.82) is 0 Å². The van der Waals surface area contributed by atoms with E-state index in [4.69, 9.17) is 9.47 Å². The Morgan fingerprint density at radius 1 is 1.00 bits per heavy atom. The molecule has 2 amide bonds. The first-order chi connectivity index (χ1) is 14.7. The van der Waals surface area contributed by atoms with Crippen LogP contribution in [-0.4, -0.2) is 37.0 Å². The third-order valence-electron chi connectivity index (χ3n) is 4.86. The summed E-state index contributed by atoms with van der Waals surface area (Å²) in [7, 11) is 0. The molecular formula is C24H30N2O5. The van der Waals surface area contributed by atoms with Gasteiger partial charge in [0.2, 0.25) is 0 Å². The van der Waals surface area contributed by atoms with E-state index in [0.29, 0.717) is 23.6 Å². The third-order valence-corrected chi connectivity index (χ3v) is 4.86. The quantitative estimate of drug-likeness (QED) is 0.597. The maximum atomic E-state index is 12.7. The van der Waals surface area contributed by atoms with Gasteiger partial charge in [-0.15, -0.1) is 0 Å². The van der Waals surface area contributed by atoms with Crippen LogP contribution in [0.4, 0.5) is 5.69 Å². The molecule has 1 atom stereocenters. The first kappa shape index (κ1) is 23.9. The first-order valence-electron chi connectivity index (χ1n) is 10.3. The fourth-order valence-electron chi connectivity index (χ4n) is 2.95. The molecule has 0 aliphatic heterocycles. The van der Waals surface area contributed by atoms with Gasteiger partial charge in [-0.3, -0.25) is 9.59 Å². The molecule has 0 unspecified atom stereocenters. The summed E-state index contributed by atoms with van der Waals surface area (Å²) < 4.78 is 10.7. The highest BCUT2D eigenvalue weighted by atomic mass is 16.5. The largest absolute Gasteiger partial charge is 0.493 e. The summed E-state index contributed by atoms with van der Waals surface area (Å²) in [6.45, 7) is 9.22. The molecule has 2 aromatic carbocycles. The smallest absolute Gasteiger partial charge is 0.329 e.